The number of hydrogen-bond donors (Lipinski definition) is 1. The van der Waals surface area contributed by atoms with Crippen molar-refractivity contribution in [1.82, 2.24) is 0 Å². The number of quaternary nitrogens is 1. The second kappa shape index (κ2) is 61.0. The van der Waals surface area contributed by atoms with E-state index in [1.54, 1.807) is 0 Å². The van der Waals surface area contributed by atoms with Crippen LogP contribution in [0.3, 0.4) is 0 Å². The van der Waals surface area contributed by atoms with Crippen molar-refractivity contribution in [1.29, 1.82) is 0 Å². The highest BCUT2D eigenvalue weighted by atomic mass is 31.2. The maximum Gasteiger partial charge on any atom is 0.472 e. The highest BCUT2D eigenvalue weighted by molar-refractivity contribution is 7.47. The Balaban J connectivity index is 4.05. The molecule has 0 aliphatic heterocycles. The molecule has 9 nitrogen and oxygen atoms in total. The highest BCUT2D eigenvalue weighted by Crippen LogP contribution is 2.43. The minimum absolute atomic E-state index is 0.0290. The van der Waals surface area contributed by atoms with E-state index in [1.807, 2.05) is 21.1 Å². The summed E-state index contributed by atoms with van der Waals surface area (Å²) in [7, 11) is 1.48. The Bertz CT molecular complexity index is 1580. The average molecular weight is 1140 g/mol. The number of ether oxygens (including phenoxy) is 2. The summed E-state index contributed by atoms with van der Waals surface area (Å²) >= 11 is 0. The van der Waals surface area contributed by atoms with Crippen LogP contribution in [0, 0.1) is 0 Å². The number of rotatable bonds is 62. The van der Waals surface area contributed by atoms with E-state index in [4.69, 9.17) is 18.5 Å². The second-order valence-corrected chi connectivity index (χ2v) is 25.3. The standard InChI is InChI=1S/C70H128NO8P/c1-6-8-10-12-14-16-18-20-22-24-26-28-30-32-33-34-35-36-37-39-40-42-44-46-48-50-52-54-56-58-60-62-69(72)76-66-68(67-78-80(74,75)77-65-64-71(3,4)5)79-70(73)63-61-59-57-55-53-51-49-47-45-43-41-38-31-29-27-25-23-21-19-17-15-13-11-9-7-2/h9,11,15,17,21,23-24,26-27,29,38,41,68H,6-8,10,12-14,16,18-20,22,25,28,30-37,39-40,42-67H2,1-5H3/p+1/b11-9-,17-15-,23-21-,26-24-,29-27-,41-38-. The maximum atomic E-state index is 12.9. The first-order valence-electron chi connectivity index (χ1n) is 33.7. The Labute approximate surface area is 495 Å². The SMILES string of the molecule is CC/C=C\C/C=C\C/C=C\C/C=C\C/C=C\CCCCCCCCCCCC(=O)OC(COC(=O)CCCCCCCCCCCCCCCCCCCCC/C=C\CCCCCCCCCC)COP(=O)(O)OCC[N+](C)(C)C. The summed E-state index contributed by atoms with van der Waals surface area (Å²) < 4.78 is 34.7. The molecular weight excluding hydrogens is 1010 g/mol. The van der Waals surface area contributed by atoms with Gasteiger partial charge in [0.15, 0.2) is 6.10 Å². The smallest absolute Gasteiger partial charge is 0.462 e. The number of carbonyl (C=O) groups is 2. The van der Waals surface area contributed by atoms with Gasteiger partial charge >= 0.3 is 19.8 Å². The zero-order valence-corrected chi connectivity index (χ0v) is 54.0. The van der Waals surface area contributed by atoms with Crippen molar-refractivity contribution in [3.63, 3.8) is 0 Å². The Morgan fingerprint density at radius 2 is 0.713 bits per heavy atom. The monoisotopic (exact) mass is 1140 g/mol. The normalized spacial score (nSPS) is 13.6. The summed E-state index contributed by atoms with van der Waals surface area (Å²) in [6, 6.07) is 0. The van der Waals surface area contributed by atoms with Gasteiger partial charge in [-0.2, -0.15) is 0 Å². The Hall–Kier alpha value is -2.55. The molecule has 10 heteroatoms. The lowest BCUT2D eigenvalue weighted by molar-refractivity contribution is -0.870. The molecule has 0 rings (SSSR count). The van der Waals surface area contributed by atoms with Gasteiger partial charge in [-0.1, -0.05) is 286 Å². The van der Waals surface area contributed by atoms with Gasteiger partial charge in [0.05, 0.1) is 27.7 Å². The number of hydrogen-bond acceptors (Lipinski definition) is 7. The summed E-state index contributed by atoms with van der Waals surface area (Å²) in [5.41, 5.74) is 0. The maximum absolute atomic E-state index is 12.9. The van der Waals surface area contributed by atoms with E-state index in [1.165, 1.54) is 199 Å². The third-order valence-electron chi connectivity index (χ3n) is 14.7. The second-order valence-electron chi connectivity index (χ2n) is 23.8. The van der Waals surface area contributed by atoms with Gasteiger partial charge in [-0.15, -0.1) is 0 Å². The van der Waals surface area contributed by atoms with Crippen molar-refractivity contribution < 1.29 is 42.1 Å². The molecule has 0 aromatic heterocycles. The Morgan fingerprint density at radius 3 is 1.07 bits per heavy atom. The predicted octanol–water partition coefficient (Wildman–Crippen LogP) is 21.6. The van der Waals surface area contributed by atoms with Crippen molar-refractivity contribution in [3.05, 3.63) is 72.9 Å². The molecule has 0 radical (unpaired) electrons. The van der Waals surface area contributed by atoms with Crippen LogP contribution in [-0.4, -0.2) is 74.9 Å². The van der Waals surface area contributed by atoms with Gasteiger partial charge < -0.3 is 18.9 Å². The van der Waals surface area contributed by atoms with E-state index in [0.29, 0.717) is 17.4 Å². The number of esters is 2. The topological polar surface area (TPSA) is 108 Å². The number of phosphoric acid groups is 1. The Morgan fingerprint density at radius 1 is 0.400 bits per heavy atom. The zero-order chi connectivity index (χ0) is 58.4. The molecule has 0 saturated carbocycles. The van der Waals surface area contributed by atoms with Crippen LogP contribution in [0.2, 0.25) is 0 Å². The highest BCUT2D eigenvalue weighted by Gasteiger charge is 2.27. The molecule has 0 heterocycles. The number of phosphoric ester groups is 1. The van der Waals surface area contributed by atoms with Gasteiger partial charge in [0.2, 0.25) is 0 Å². The molecule has 0 amide bonds. The lowest BCUT2D eigenvalue weighted by Crippen LogP contribution is -2.37. The van der Waals surface area contributed by atoms with Crippen molar-refractivity contribution in [2.24, 2.45) is 0 Å². The minimum Gasteiger partial charge on any atom is -0.462 e. The molecule has 0 spiro atoms. The van der Waals surface area contributed by atoms with Crippen molar-refractivity contribution in [3.8, 4) is 0 Å². The fourth-order valence-electron chi connectivity index (χ4n) is 9.57. The quantitative estimate of drug-likeness (QED) is 0.0211. The summed E-state index contributed by atoms with van der Waals surface area (Å²) in [4.78, 5) is 35.8. The van der Waals surface area contributed by atoms with Gasteiger partial charge in [0.25, 0.3) is 0 Å². The first kappa shape index (κ1) is 77.5. The fraction of sp³-hybridized carbons (Fsp3) is 0.800. The molecule has 0 bridgehead atoms. The Kier molecular flexibility index (Phi) is 59.1. The molecule has 0 aromatic rings. The van der Waals surface area contributed by atoms with Gasteiger partial charge in [-0.05, 0) is 83.5 Å². The van der Waals surface area contributed by atoms with Gasteiger partial charge in [-0.25, -0.2) is 4.57 Å². The van der Waals surface area contributed by atoms with Gasteiger partial charge in [0, 0.05) is 12.8 Å². The van der Waals surface area contributed by atoms with E-state index in [9.17, 15) is 19.0 Å². The van der Waals surface area contributed by atoms with E-state index < -0.39 is 26.5 Å². The van der Waals surface area contributed by atoms with Crippen LogP contribution in [0.25, 0.3) is 0 Å². The van der Waals surface area contributed by atoms with Crippen LogP contribution < -0.4 is 0 Å². The molecule has 0 aliphatic rings. The van der Waals surface area contributed by atoms with E-state index in [-0.39, 0.29) is 32.0 Å². The number of unbranched alkanes of at least 4 members (excludes halogenated alkanes) is 36. The minimum atomic E-state index is -4.39. The molecule has 466 valence electrons. The van der Waals surface area contributed by atoms with Crippen LogP contribution in [0.1, 0.15) is 309 Å². The van der Waals surface area contributed by atoms with Crippen LogP contribution in [-0.2, 0) is 32.7 Å². The summed E-state index contributed by atoms with van der Waals surface area (Å²) in [5, 5.41) is 0. The van der Waals surface area contributed by atoms with Crippen molar-refractivity contribution in [2.45, 2.75) is 315 Å². The molecule has 80 heavy (non-hydrogen) atoms. The van der Waals surface area contributed by atoms with E-state index in [2.05, 4.69) is 86.8 Å². The average Bonchev–Trinajstić information content (AvgIpc) is 3.42. The molecule has 0 aliphatic carbocycles. The van der Waals surface area contributed by atoms with Crippen LogP contribution in [0.5, 0.6) is 0 Å². The van der Waals surface area contributed by atoms with Gasteiger partial charge in [-0.3, -0.25) is 18.6 Å². The summed E-state index contributed by atoms with van der Waals surface area (Å²) in [6.07, 6.45) is 81.4. The van der Waals surface area contributed by atoms with Crippen LogP contribution >= 0.6 is 7.82 Å². The number of allylic oxidation sites excluding steroid dienone is 12. The largest absolute Gasteiger partial charge is 0.472 e. The summed E-state index contributed by atoms with van der Waals surface area (Å²) in [6.45, 7) is 4.35. The predicted molar refractivity (Wildman–Crippen MR) is 344 cm³/mol. The fourth-order valence-corrected chi connectivity index (χ4v) is 10.3. The first-order valence-corrected chi connectivity index (χ1v) is 35.2. The van der Waals surface area contributed by atoms with E-state index >= 15 is 0 Å². The number of likely N-dealkylation sites (N-methyl/N-ethyl adjacent to an activating group) is 1. The van der Waals surface area contributed by atoms with Crippen LogP contribution in [0.15, 0.2) is 72.9 Å². The molecule has 2 atom stereocenters. The number of carbonyl (C=O) groups excluding carboxylic acids is 2. The van der Waals surface area contributed by atoms with Gasteiger partial charge in [0.1, 0.15) is 19.8 Å². The van der Waals surface area contributed by atoms with E-state index in [0.717, 1.165) is 77.0 Å². The zero-order valence-electron chi connectivity index (χ0n) is 53.1. The third-order valence-corrected chi connectivity index (χ3v) is 15.7. The molecule has 1 N–H and O–H groups in total. The van der Waals surface area contributed by atoms with Crippen LogP contribution in [0.4, 0.5) is 0 Å². The first-order chi connectivity index (χ1) is 39.0. The summed E-state index contributed by atoms with van der Waals surface area (Å²) in [5.74, 6) is -0.795. The molecule has 0 aromatic carbocycles. The van der Waals surface area contributed by atoms with Crippen molar-refractivity contribution in [2.75, 3.05) is 47.5 Å². The van der Waals surface area contributed by atoms with Crippen molar-refractivity contribution >= 4 is 19.8 Å². The number of nitrogens with zero attached hydrogens (tertiary/aromatic N) is 1. The molecule has 0 saturated heterocycles. The lowest BCUT2D eigenvalue weighted by atomic mass is 10.0. The molecular formula is C70H129NO8P+. The lowest BCUT2D eigenvalue weighted by Gasteiger charge is -2.24. The third kappa shape index (κ3) is 64.6. The molecule has 2 unspecified atom stereocenters. The molecule has 0 fully saturated rings.